The van der Waals surface area contributed by atoms with E-state index in [2.05, 4.69) is 0 Å². The minimum Gasteiger partial charge on any atom is -0.464 e. The van der Waals surface area contributed by atoms with Gasteiger partial charge in [0.25, 0.3) is 0 Å². The summed E-state index contributed by atoms with van der Waals surface area (Å²) < 4.78 is 70.6. The Bertz CT molecular complexity index is 912. The van der Waals surface area contributed by atoms with Crippen molar-refractivity contribution in [2.75, 3.05) is 13.2 Å². The maximum absolute atomic E-state index is 13.3. The standard InChI is InChI=1S/C18H20F3NO6S/c1-3-28-17(25)14-9-12(10-22(14)16(24)8-11(2)23)29(26,27)15-7-5-4-6-13(15)18(19,20)21/h4-7,12,14H,3,8-10H2,1-2H3. The average molecular weight is 435 g/mol. The number of likely N-dealkylation sites (tertiary alicyclic amines) is 1. The second kappa shape index (κ2) is 8.52. The van der Waals surface area contributed by atoms with Crippen LogP contribution in [0.4, 0.5) is 13.2 Å². The summed E-state index contributed by atoms with van der Waals surface area (Å²) in [6.45, 7) is 2.13. The van der Waals surface area contributed by atoms with Crippen molar-refractivity contribution in [1.82, 2.24) is 4.90 Å². The van der Waals surface area contributed by atoms with Crippen molar-refractivity contribution in [3.8, 4) is 0 Å². The van der Waals surface area contributed by atoms with Gasteiger partial charge in [-0.05, 0) is 32.4 Å². The molecule has 0 aliphatic carbocycles. The molecule has 1 aliphatic rings. The van der Waals surface area contributed by atoms with Crippen molar-refractivity contribution in [3.05, 3.63) is 29.8 Å². The number of carbonyl (C=O) groups is 3. The third-order valence-electron chi connectivity index (χ3n) is 4.48. The Morgan fingerprint density at radius 3 is 2.38 bits per heavy atom. The zero-order valence-electron chi connectivity index (χ0n) is 15.7. The van der Waals surface area contributed by atoms with E-state index in [1.807, 2.05) is 0 Å². The molecule has 160 valence electrons. The van der Waals surface area contributed by atoms with Gasteiger partial charge in [-0.3, -0.25) is 9.59 Å². The number of Topliss-reactive ketones (excluding diaryl/α,β-unsaturated/α-hetero) is 1. The lowest BCUT2D eigenvalue weighted by molar-refractivity contribution is -0.153. The summed E-state index contributed by atoms with van der Waals surface area (Å²) in [4.78, 5) is 35.8. The third-order valence-corrected chi connectivity index (χ3v) is 6.67. The van der Waals surface area contributed by atoms with Crippen molar-refractivity contribution in [1.29, 1.82) is 0 Å². The van der Waals surface area contributed by atoms with Crippen molar-refractivity contribution >= 4 is 27.5 Å². The Morgan fingerprint density at radius 1 is 1.21 bits per heavy atom. The van der Waals surface area contributed by atoms with E-state index < -0.39 is 74.8 Å². The summed E-state index contributed by atoms with van der Waals surface area (Å²) in [5.74, 6) is -2.14. The third kappa shape index (κ3) is 4.95. The molecule has 1 fully saturated rings. The van der Waals surface area contributed by atoms with Gasteiger partial charge in [0.15, 0.2) is 9.84 Å². The van der Waals surface area contributed by atoms with Gasteiger partial charge in [0, 0.05) is 6.54 Å². The minimum atomic E-state index is -4.90. The van der Waals surface area contributed by atoms with Crippen LogP contribution < -0.4 is 0 Å². The number of halogens is 3. The Labute approximate surface area is 165 Å². The van der Waals surface area contributed by atoms with Gasteiger partial charge >= 0.3 is 12.1 Å². The van der Waals surface area contributed by atoms with Crippen LogP contribution in [0.25, 0.3) is 0 Å². The number of carbonyl (C=O) groups excluding carboxylic acids is 3. The number of amides is 1. The molecule has 1 heterocycles. The maximum Gasteiger partial charge on any atom is 0.417 e. The summed E-state index contributed by atoms with van der Waals surface area (Å²) >= 11 is 0. The highest BCUT2D eigenvalue weighted by atomic mass is 32.2. The van der Waals surface area contributed by atoms with E-state index in [1.54, 1.807) is 0 Å². The Balaban J connectivity index is 2.43. The topological polar surface area (TPSA) is 97.8 Å². The van der Waals surface area contributed by atoms with Crippen LogP contribution in [0, 0.1) is 0 Å². The number of rotatable bonds is 6. The molecule has 1 amide bonds. The van der Waals surface area contributed by atoms with Crippen molar-refractivity contribution in [3.63, 3.8) is 0 Å². The van der Waals surface area contributed by atoms with E-state index in [1.165, 1.54) is 13.0 Å². The van der Waals surface area contributed by atoms with Gasteiger partial charge in [0.1, 0.15) is 11.8 Å². The number of alkyl halides is 3. The highest BCUT2D eigenvalue weighted by Gasteiger charge is 2.48. The molecule has 29 heavy (non-hydrogen) atoms. The molecule has 1 aromatic carbocycles. The van der Waals surface area contributed by atoms with Gasteiger partial charge < -0.3 is 9.64 Å². The monoisotopic (exact) mass is 435 g/mol. The number of ketones is 1. The molecule has 0 radical (unpaired) electrons. The number of sulfone groups is 1. The molecule has 2 unspecified atom stereocenters. The summed E-state index contributed by atoms with van der Waals surface area (Å²) in [5.41, 5.74) is -1.32. The molecule has 2 atom stereocenters. The first kappa shape index (κ1) is 22.9. The van der Waals surface area contributed by atoms with Gasteiger partial charge in [-0.15, -0.1) is 0 Å². The summed E-state index contributed by atoms with van der Waals surface area (Å²) in [6, 6.07) is 2.44. The van der Waals surface area contributed by atoms with Gasteiger partial charge in [-0.25, -0.2) is 13.2 Å². The van der Waals surface area contributed by atoms with E-state index >= 15 is 0 Å². The predicted octanol–water partition coefficient (Wildman–Crippen LogP) is 1.99. The lowest BCUT2D eigenvalue weighted by Gasteiger charge is -2.22. The molecular formula is C18H20F3NO6S. The first-order valence-electron chi connectivity index (χ1n) is 8.75. The van der Waals surface area contributed by atoms with E-state index in [0.717, 1.165) is 24.0 Å². The van der Waals surface area contributed by atoms with Crippen LogP contribution >= 0.6 is 0 Å². The molecular weight excluding hydrogens is 415 g/mol. The number of ether oxygens (including phenoxy) is 1. The fraction of sp³-hybridized carbons (Fsp3) is 0.500. The molecule has 0 bridgehead atoms. The normalized spacial score (nSPS) is 19.8. The fourth-order valence-electron chi connectivity index (χ4n) is 3.20. The maximum atomic E-state index is 13.3. The minimum absolute atomic E-state index is 0.0294. The van der Waals surface area contributed by atoms with E-state index in [0.29, 0.717) is 6.07 Å². The lowest BCUT2D eigenvalue weighted by atomic mass is 10.2. The summed E-state index contributed by atoms with van der Waals surface area (Å²) in [6.07, 6.45) is -5.87. The van der Waals surface area contributed by atoms with Crippen LogP contribution in [-0.4, -0.2) is 55.4 Å². The summed E-state index contributed by atoms with van der Waals surface area (Å²) in [5, 5.41) is -1.45. The first-order chi connectivity index (χ1) is 13.4. The SMILES string of the molecule is CCOC(=O)C1CC(S(=O)(=O)c2ccccc2C(F)(F)F)CN1C(=O)CC(C)=O. The first-order valence-corrected chi connectivity index (χ1v) is 10.3. The van der Waals surface area contributed by atoms with Crippen LogP contribution in [0.3, 0.4) is 0 Å². The molecule has 0 aromatic heterocycles. The van der Waals surface area contributed by atoms with E-state index in [-0.39, 0.29) is 6.61 Å². The largest absolute Gasteiger partial charge is 0.464 e. The quantitative estimate of drug-likeness (QED) is 0.501. The highest BCUT2D eigenvalue weighted by molar-refractivity contribution is 7.92. The predicted molar refractivity (Wildman–Crippen MR) is 94.5 cm³/mol. The van der Waals surface area contributed by atoms with Crippen LogP contribution in [0.1, 0.15) is 32.3 Å². The molecule has 0 spiro atoms. The molecule has 11 heteroatoms. The molecule has 0 saturated carbocycles. The Kier molecular flexibility index (Phi) is 6.71. The van der Waals surface area contributed by atoms with Crippen LogP contribution in [0.5, 0.6) is 0 Å². The molecule has 0 N–H and O–H groups in total. The second-order valence-electron chi connectivity index (χ2n) is 6.59. The summed E-state index contributed by atoms with van der Waals surface area (Å²) in [7, 11) is -4.54. The second-order valence-corrected chi connectivity index (χ2v) is 8.79. The zero-order chi connectivity index (χ0) is 22.0. The van der Waals surface area contributed by atoms with Gasteiger partial charge in [-0.2, -0.15) is 13.2 Å². The lowest BCUT2D eigenvalue weighted by Crippen LogP contribution is -2.42. The van der Waals surface area contributed by atoms with Crippen molar-refractivity contribution < 1.29 is 40.7 Å². The zero-order valence-corrected chi connectivity index (χ0v) is 16.5. The van der Waals surface area contributed by atoms with E-state index in [9.17, 15) is 36.0 Å². The molecule has 1 aromatic rings. The molecule has 1 aliphatic heterocycles. The fourth-order valence-corrected chi connectivity index (χ4v) is 5.11. The van der Waals surface area contributed by atoms with Crippen LogP contribution in [0.2, 0.25) is 0 Å². The number of nitrogens with zero attached hydrogens (tertiary/aromatic N) is 1. The Morgan fingerprint density at radius 2 is 1.83 bits per heavy atom. The van der Waals surface area contributed by atoms with Crippen LogP contribution in [-0.2, 0) is 35.1 Å². The number of hydrogen-bond acceptors (Lipinski definition) is 6. The van der Waals surface area contributed by atoms with Crippen molar-refractivity contribution in [2.24, 2.45) is 0 Å². The smallest absolute Gasteiger partial charge is 0.417 e. The number of hydrogen-bond donors (Lipinski definition) is 0. The molecule has 1 saturated heterocycles. The van der Waals surface area contributed by atoms with E-state index in [4.69, 9.17) is 4.74 Å². The number of esters is 1. The van der Waals surface area contributed by atoms with Gasteiger partial charge in [0.05, 0.1) is 28.7 Å². The van der Waals surface area contributed by atoms with Gasteiger partial charge in [-0.1, -0.05) is 12.1 Å². The van der Waals surface area contributed by atoms with Crippen LogP contribution in [0.15, 0.2) is 29.2 Å². The number of benzene rings is 1. The molecule has 2 rings (SSSR count). The van der Waals surface area contributed by atoms with Crippen molar-refractivity contribution in [2.45, 2.75) is 49.1 Å². The average Bonchev–Trinajstić information content (AvgIpc) is 3.07. The Hall–Kier alpha value is -2.43. The highest BCUT2D eigenvalue weighted by Crippen LogP contribution is 2.37. The molecule has 7 nitrogen and oxygen atoms in total. The van der Waals surface area contributed by atoms with Gasteiger partial charge in [0.2, 0.25) is 5.91 Å².